The zero-order chi connectivity index (χ0) is 4.99. The molecule has 0 N–H and O–H groups in total. The maximum absolute atomic E-state index is 11.3. The van der Waals surface area contributed by atoms with Crippen LogP contribution in [0.2, 0.25) is 0 Å². The first-order valence-electron chi connectivity index (χ1n) is 1.87. The van der Waals surface area contributed by atoms with Crippen molar-refractivity contribution in [1.82, 2.24) is 0 Å². The van der Waals surface area contributed by atoms with Crippen LogP contribution in [0, 0.1) is 0 Å². The molecule has 0 saturated heterocycles. The molecule has 0 bridgehead atoms. The summed E-state index contributed by atoms with van der Waals surface area (Å²) in [6.45, 7) is -0.157. The quantitative estimate of drug-likeness (QED) is 0.461. The molecule has 0 radical (unpaired) electrons. The Bertz CT molecular complexity index is 28.7. The van der Waals surface area contributed by atoms with Crippen LogP contribution >= 0.6 is 0 Å². The molecular weight excluding hydrogens is 99.1 g/mol. The van der Waals surface area contributed by atoms with Crippen molar-refractivity contribution in [3.05, 3.63) is 0 Å². The molecule has 38 valence electrons. The van der Waals surface area contributed by atoms with Gasteiger partial charge < -0.3 is 0 Å². The van der Waals surface area contributed by atoms with Gasteiger partial charge in [0, 0.05) is 0 Å². The molecule has 0 aromatic rings. The van der Waals surface area contributed by atoms with E-state index in [2.05, 4.69) is 0 Å². The molecule has 0 aliphatic carbocycles. The molecule has 2 heteroatoms. The van der Waals surface area contributed by atoms with E-state index in [9.17, 15) is 4.39 Å². The standard InChI is InChI=1S/C4H10FS/c1-6(2)4-3-5/h3-4H2,1-2H3/q+1. The van der Waals surface area contributed by atoms with Crippen LogP contribution in [0.25, 0.3) is 0 Å². The third kappa shape index (κ3) is 4.28. The highest BCUT2D eigenvalue weighted by atomic mass is 32.2. The Labute approximate surface area is 41.1 Å². The molecule has 0 aromatic heterocycles. The van der Waals surface area contributed by atoms with Crippen molar-refractivity contribution >= 4 is 10.9 Å². The Morgan fingerprint density at radius 1 is 1.50 bits per heavy atom. The van der Waals surface area contributed by atoms with Crippen LogP contribution in [0.1, 0.15) is 0 Å². The van der Waals surface area contributed by atoms with E-state index in [1.54, 1.807) is 0 Å². The number of halogens is 1. The lowest BCUT2D eigenvalue weighted by molar-refractivity contribution is 0.532. The number of hydrogen-bond donors (Lipinski definition) is 0. The second-order valence-electron chi connectivity index (χ2n) is 1.38. The van der Waals surface area contributed by atoms with Crippen molar-refractivity contribution in [3.8, 4) is 0 Å². The van der Waals surface area contributed by atoms with Crippen LogP contribution < -0.4 is 0 Å². The Morgan fingerprint density at radius 3 is 2.00 bits per heavy atom. The largest absolute Gasteiger partial charge is 0.246 e. The van der Waals surface area contributed by atoms with Crippen LogP contribution in [0.5, 0.6) is 0 Å². The van der Waals surface area contributed by atoms with Crippen LogP contribution in [-0.2, 0) is 10.9 Å². The molecule has 0 atom stereocenters. The zero-order valence-corrected chi connectivity index (χ0v) is 5.02. The van der Waals surface area contributed by atoms with E-state index in [1.807, 2.05) is 12.5 Å². The summed E-state index contributed by atoms with van der Waals surface area (Å²) < 4.78 is 11.3. The molecule has 0 aromatic carbocycles. The van der Waals surface area contributed by atoms with Gasteiger partial charge in [0.15, 0.2) is 0 Å². The highest BCUT2D eigenvalue weighted by Gasteiger charge is 1.97. The van der Waals surface area contributed by atoms with Crippen LogP contribution in [0.3, 0.4) is 0 Å². The molecule has 0 aliphatic heterocycles. The molecule has 0 spiro atoms. The lowest BCUT2D eigenvalue weighted by Crippen LogP contribution is -2.01. The Morgan fingerprint density at radius 2 is 2.00 bits per heavy atom. The minimum atomic E-state index is -0.157. The van der Waals surface area contributed by atoms with Gasteiger partial charge in [-0.1, -0.05) is 0 Å². The molecule has 0 nitrogen and oxygen atoms in total. The van der Waals surface area contributed by atoms with Gasteiger partial charge in [-0.3, -0.25) is 0 Å². The van der Waals surface area contributed by atoms with Crippen molar-refractivity contribution in [3.63, 3.8) is 0 Å². The van der Waals surface area contributed by atoms with Gasteiger partial charge in [-0.05, 0) is 10.9 Å². The van der Waals surface area contributed by atoms with Crippen LogP contribution in [-0.4, -0.2) is 24.9 Å². The zero-order valence-electron chi connectivity index (χ0n) is 4.20. The lowest BCUT2D eigenvalue weighted by Gasteiger charge is -1.85. The van der Waals surface area contributed by atoms with Crippen molar-refractivity contribution < 1.29 is 4.39 Å². The van der Waals surface area contributed by atoms with Crippen molar-refractivity contribution in [2.24, 2.45) is 0 Å². The predicted molar refractivity (Wildman–Crippen MR) is 30.1 cm³/mol. The summed E-state index contributed by atoms with van der Waals surface area (Å²) in [6.07, 6.45) is 4.08. The van der Waals surface area contributed by atoms with Gasteiger partial charge in [-0.2, -0.15) is 0 Å². The third-order valence-electron chi connectivity index (χ3n) is 0.485. The summed E-state index contributed by atoms with van der Waals surface area (Å²) in [5.41, 5.74) is 0. The van der Waals surface area contributed by atoms with E-state index in [1.165, 1.54) is 0 Å². The number of hydrogen-bond acceptors (Lipinski definition) is 0. The summed E-state index contributed by atoms with van der Waals surface area (Å²) in [4.78, 5) is 0. The second kappa shape index (κ2) is 3.47. The molecule has 0 amide bonds. The average molecular weight is 109 g/mol. The maximum Gasteiger partial charge on any atom is 0.135 e. The fourth-order valence-corrected chi connectivity index (χ4v) is 0.463. The van der Waals surface area contributed by atoms with E-state index in [-0.39, 0.29) is 6.67 Å². The van der Waals surface area contributed by atoms with Gasteiger partial charge >= 0.3 is 0 Å². The second-order valence-corrected chi connectivity index (χ2v) is 3.76. The van der Waals surface area contributed by atoms with Gasteiger partial charge in [0.05, 0.1) is 12.5 Å². The van der Waals surface area contributed by atoms with Gasteiger partial charge in [0.2, 0.25) is 0 Å². The van der Waals surface area contributed by atoms with E-state index >= 15 is 0 Å². The fraction of sp³-hybridized carbons (Fsp3) is 1.00. The smallest absolute Gasteiger partial charge is 0.135 e. The molecule has 6 heavy (non-hydrogen) atoms. The van der Waals surface area contributed by atoms with Gasteiger partial charge in [0.1, 0.15) is 12.4 Å². The van der Waals surface area contributed by atoms with Gasteiger partial charge in [-0.15, -0.1) is 0 Å². The average Bonchev–Trinajstić information content (AvgIpc) is 1.35. The summed E-state index contributed by atoms with van der Waals surface area (Å²) in [5, 5.41) is 0. The fourth-order valence-electron chi connectivity index (χ4n) is 0.154. The maximum atomic E-state index is 11.3. The Kier molecular flexibility index (Phi) is 3.63. The SMILES string of the molecule is C[S+](C)CCF. The molecule has 0 fully saturated rings. The normalized spacial score (nSPS) is 10.0. The first-order valence-corrected chi connectivity index (χ1v) is 4.08. The lowest BCUT2D eigenvalue weighted by atomic mass is 10.9. The highest BCUT2D eigenvalue weighted by molar-refractivity contribution is 7.95. The molecule has 0 heterocycles. The third-order valence-corrected chi connectivity index (χ3v) is 1.46. The molecule has 0 rings (SSSR count). The Balaban J connectivity index is 2.63. The summed E-state index contributed by atoms with van der Waals surface area (Å²) >= 11 is 0. The first-order chi connectivity index (χ1) is 2.77. The summed E-state index contributed by atoms with van der Waals surface area (Å²) in [7, 11) is 0.309. The van der Waals surface area contributed by atoms with Crippen LogP contribution in [0.4, 0.5) is 4.39 Å². The highest BCUT2D eigenvalue weighted by Crippen LogP contribution is 1.81. The van der Waals surface area contributed by atoms with Crippen molar-refractivity contribution in [2.75, 3.05) is 24.9 Å². The van der Waals surface area contributed by atoms with E-state index in [4.69, 9.17) is 0 Å². The number of alkyl halides is 1. The molecule has 0 aliphatic rings. The minimum Gasteiger partial charge on any atom is -0.246 e. The summed E-state index contributed by atoms with van der Waals surface area (Å²) in [6, 6.07) is 0. The molecule has 0 saturated carbocycles. The summed E-state index contributed by atoms with van der Waals surface area (Å²) in [5.74, 6) is 0.736. The minimum absolute atomic E-state index is 0.157. The van der Waals surface area contributed by atoms with Crippen molar-refractivity contribution in [2.45, 2.75) is 0 Å². The first kappa shape index (κ1) is 6.28. The van der Waals surface area contributed by atoms with Gasteiger partial charge in [0.25, 0.3) is 0 Å². The van der Waals surface area contributed by atoms with E-state index < -0.39 is 0 Å². The van der Waals surface area contributed by atoms with E-state index in [0.717, 1.165) is 5.75 Å². The molecular formula is C4H10FS+. The topological polar surface area (TPSA) is 0 Å². The Hall–Kier alpha value is 0.280. The number of rotatable bonds is 2. The predicted octanol–water partition coefficient (Wildman–Crippen LogP) is 0.834. The van der Waals surface area contributed by atoms with Crippen molar-refractivity contribution in [1.29, 1.82) is 0 Å². The van der Waals surface area contributed by atoms with E-state index in [0.29, 0.717) is 10.9 Å². The van der Waals surface area contributed by atoms with Crippen LogP contribution in [0.15, 0.2) is 0 Å². The molecule has 0 unspecified atom stereocenters. The monoisotopic (exact) mass is 109 g/mol. The van der Waals surface area contributed by atoms with Gasteiger partial charge in [-0.25, -0.2) is 4.39 Å².